The average molecular weight is 679 g/mol. The number of rotatable bonds is 6. The number of anilines is 1. The van der Waals surface area contributed by atoms with Gasteiger partial charge in [0, 0.05) is 57.8 Å². The Balaban J connectivity index is 0.936. The van der Waals surface area contributed by atoms with E-state index in [0.29, 0.717) is 31.9 Å². The van der Waals surface area contributed by atoms with Crippen LogP contribution in [0.25, 0.3) is 0 Å². The monoisotopic (exact) mass is 678 g/mol. The lowest BCUT2D eigenvalue weighted by molar-refractivity contribution is -0.384. The Labute approximate surface area is 276 Å². The van der Waals surface area contributed by atoms with Gasteiger partial charge in [-0.15, -0.1) is 0 Å². The number of nitrogens with one attached hydrogen (secondary N) is 1. The highest BCUT2D eigenvalue weighted by atomic mass is 32.2. The van der Waals surface area contributed by atoms with Gasteiger partial charge in [0.15, 0.2) is 0 Å². The van der Waals surface area contributed by atoms with Gasteiger partial charge in [-0.3, -0.25) is 44.3 Å². The SMILES string of the molecule is O=C1CCC(N2C(=O)c3cccc(N4CCC5(CCN(C(=O)C6CN(S(=O)(=O)c7ccc([N+](=O)[O-])cc7)C6)CC5)CC4)c3C2=O)C(=O)N1. The summed E-state index contributed by atoms with van der Waals surface area (Å²) in [6.07, 6.45) is 3.43. The number of carbonyl (C=O) groups is 5. The van der Waals surface area contributed by atoms with E-state index < -0.39 is 50.5 Å². The summed E-state index contributed by atoms with van der Waals surface area (Å²) in [4.78, 5) is 79.4. The molecule has 1 N–H and O–H groups in total. The molecule has 5 aliphatic heterocycles. The second-order valence-electron chi connectivity index (χ2n) is 13.2. The molecule has 48 heavy (non-hydrogen) atoms. The number of likely N-dealkylation sites (tertiary alicyclic amines) is 1. The molecule has 5 aliphatic rings. The van der Waals surface area contributed by atoms with Gasteiger partial charge in [-0.05, 0) is 61.8 Å². The first-order valence-electron chi connectivity index (χ1n) is 16.0. The number of sulfonamides is 1. The molecular weight excluding hydrogens is 644 g/mol. The molecule has 16 heteroatoms. The van der Waals surface area contributed by atoms with Crippen molar-refractivity contribution in [2.75, 3.05) is 44.2 Å². The summed E-state index contributed by atoms with van der Waals surface area (Å²) in [6, 6.07) is 8.83. The molecule has 15 nitrogen and oxygen atoms in total. The van der Waals surface area contributed by atoms with Crippen molar-refractivity contribution in [3.63, 3.8) is 0 Å². The zero-order chi connectivity index (χ0) is 34.0. The molecule has 2 aromatic carbocycles. The predicted octanol–water partition coefficient (Wildman–Crippen LogP) is 1.53. The third-order valence-corrected chi connectivity index (χ3v) is 12.5. The van der Waals surface area contributed by atoms with Crippen LogP contribution in [-0.4, -0.2) is 102 Å². The highest BCUT2D eigenvalue weighted by molar-refractivity contribution is 7.89. The van der Waals surface area contributed by atoms with E-state index in [1.807, 2.05) is 11.0 Å². The minimum absolute atomic E-state index is 0.0225. The molecule has 0 saturated carbocycles. The van der Waals surface area contributed by atoms with Crippen molar-refractivity contribution in [1.29, 1.82) is 0 Å². The Morgan fingerprint density at radius 2 is 1.54 bits per heavy atom. The molecule has 1 spiro atoms. The Bertz CT molecular complexity index is 1840. The minimum atomic E-state index is -3.85. The Morgan fingerprint density at radius 3 is 2.17 bits per heavy atom. The number of non-ortho nitro benzene ring substituents is 1. The maximum atomic E-state index is 13.6. The van der Waals surface area contributed by atoms with Crippen molar-refractivity contribution in [2.24, 2.45) is 11.3 Å². The number of carbonyl (C=O) groups excluding carboxylic acids is 5. The molecule has 252 valence electrons. The molecule has 2 aromatic rings. The molecule has 1 atom stereocenters. The second-order valence-corrected chi connectivity index (χ2v) is 15.2. The van der Waals surface area contributed by atoms with E-state index in [-0.39, 0.29) is 59.0 Å². The van der Waals surface area contributed by atoms with Crippen LogP contribution in [0.2, 0.25) is 0 Å². The molecule has 5 amide bonds. The maximum Gasteiger partial charge on any atom is 0.269 e. The minimum Gasteiger partial charge on any atom is -0.371 e. The van der Waals surface area contributed by atoms with E-state index in [2.05, 4.69) is 10.2 Å². The first-order valence-corrected chi connectivity index (χ1v) is 17.5. The average Bonchev–Trinajstić information content (AvgIpc) is 3.30. The Kier molecular flexibility index (Phi) is 7.82. The third-order valence-electron chi connectivity index (χ3n) is 10.6. The van der Waals surface area contributed by atoms with E-state index in [0.717, 1.165) is 42.7 Å². The number of fused-ring (bicyclic) bond motifs is 1. The van der Waals surface area contributed by atoms with Crippen LogP contribution >= 0.6 is 0 Å². The van der Waals surface area contributed by atoms with Crippen molar-refractivity contribution in [3.8, 4) is 0 Å². The standard InChI is InChI=1S/C32H34N6O9S/c39-26-9-8-25(28(40)33-26)37-30(42)23-2-1-3-24(27(23)31(37)43)34-14-10-32(11-15-34)12-16-35(17-13-32)29(41)20-18-36(19-20)48(46,47)22-6-4-21(5-7-22)38(44)45/h1-7,20,25H,8-19H2,(H,33,39,40). The number of imide groups is 2. The van der Waals surface area contributed by atoms with E-state index in [1.165, 1.54) is 16.4 Å². The maximum absolute atomic E-state index is 13.6. The number of nitro groups is 1. The van der Waals surface area contributed by atoms with Crippen molar-refractivity contribution in [2.45, 2.75) is 49.5 Å². The number of benzene rings is 2. The molecule has 4 saturated heterocycles. The van der Waals surface area contributed by atoms with Gasteiger partial charge in [-0.1, -0.05) is 6.07 Å². The molecule has 5 heterocycles. The van der Waals surface area contributed by atoms with Crippen molar-refractivity contribution < 1.29 is 37.3 Å². The lowest BCUT2D eigenvalue weighted by Gasteiger charge is -2.48. The molecular formula is C32H34N6O9S. The fraction of sp³-hybridized carbons (Fsp3) is 0.469. The fourth-order valence-electron chi connectivity index (χ4n) is 7.62. The number of piperidine rings is 3. The van der Waals surface area contributed by atoms with Crippen LogP contribution in [0.15, 0.2) is 47.4 Å². The lowest BCUT2D eigenvalue weighted by Crippen LogP contribution is -2.58. The fourth-order valence-corrected chi connectivity index (χ4v) is 9.15. The van der Waals surface area contributed by atoms with E-state index in [9.17, 15) is 42.5 Å². The smallest absolute Gasteiger partial charge is 0.269 e. The highest BCUT2D eigenvalue weighted by Crippen LogP contribution is 2.44. The van der Waals surface area contributed by atoms with Crippen LogP contribution in [-0.2, 0) is 24.4 Å². The lowest BCUT2D eigenvalue weighted by atomic mass is 9.71. The topological polar surface area (TPSA) is 188 Å². The van der Waals surface area contributed by atoms with Gasteiger partial charge in [0.2, 0.25) is 27.7 Å². The Morgan fingerprint density at radius 1 is 0.896 bits per heavy atom. The number of nitrogens with zero attached hydrogens (tertiary/aromatic N) is 5. The molecule has 7 rings (SSSR count). The van der Waals surface area contributed by atoms with E-state index >= 15 is 0 Å². The molecule has 0 aliphatic carbocycles. The summed E-state index contributed by atoms with van der Waals surface area (Å²) in [7, 11) is -3.85. The van der Waals surface area contributed by atoms with Gasteiger partial charge in [0.1, 0.15) is 6.04 Å². The van der Waals surface area contributed by atoms with Crippen LogP contribution in [0.3, 0.4) is 0 Å². The first-order chi connectivity index (χ1) is 22.9. The Hall–Kier alpha value is -4.70. The first kappa shape index (κ1) is 31.9. The number of nitro benzene ring substituents is 1. The van der Waals surface area contributed by atoms with Crippen LogP contribution in [0.4, 0.5) is 11.4 Å². The zero-order valence-corrected chi connectivity index (χ0v) is 26.8. The predicted molar refractivity (Wildman–Crippen MR) is 168 cm³/mol. The summed E-state index contributed by atoms with van der Waals surface area (Å²) >= 11 is 0. The van der Waals surface area contributed by atoms with Crippen LogP contribution < -0.4 is 10.2 Å². The summed E-state index contributed by atoms with van der Waals surface area (Å²) in [5.74, 6) is -2.63. The van der Waals surface area contributed by atoms with E-state index in [4.69, 9.17) is 0 Å². The normalized spacial score (nSPS) is 23.2. The summed E-state index contributed by atoms with van der Waals surface area (Å²) in [5.41, 5.74) is 1.02. The number of amides is 5. The zero-order valence-electron chi connectivity index (χ0n) is 26.0. The van der Waals surface area contributed by atoms with Gasteiger partial charge in [-0.2, -0.15) is 4.31 Å². The van der Waals surface area contributed by atoms with Gasteiger partial charge in [0.25, 0.3) is 17.5 Å². The second kappa shape index (κ2) is 11.8. The van der Waals surface area contributed by atoms with Crippen molar-refractivity contribution in [1.82, 2.24) is 19.4 Å². The molecule has 4 fully saturated rings. The molecule has 0 bridgehead atoms. The third kappa shape index (κ3) is 5.32. The largest absolute Gasteiger partial charge is 0.371 e. The molecule has 0 radical (unpaired) electrons. The summed E-state index contributed by atoms with van der Waals surface area (Å²) in [5, 5.41) is 13.1. The van der Waals surface area contributed by atoms with Crippen molar-refractivity contribution in [3.05, 3.63) is 63.7 Å². The molecule has 1 unspecified atom stereocenters. The van der Waals surface area contributed by atoms with Crippen LogP contribution in [0.5, 0.6) is 0 Å². The quantitative estimate of drug-likeness (QED) is 0.267. The summed E-state index contributed by atoms with van der Waals surface area (Å²) in [6.45, 7) is 2.58. The summed E-state index contributed by atoms with van der Waals surface area (Å²) < 4.78 is 27.1. The molecule has 0 aromatic heterocycles. The van der Waals surface area contributed by atoms with Crippen molar-refractivity contribution >= 4 is 50.9 Å². The van der Waals surface area contributed by atoms with Gasteiger partial charge < -0.3 is 9.80 Å². The number of hydrogen-bond donors (Lipinski definition) is 1. The number of hydrogen-bond acceptors (Lipinski definition) is 10. The van der Waals surface area contributed by atoms with Gasteiger partial charge in [-0.25, -0.2) is 8.42 Å². The van der Waals surface area contributed by atoms with Crippen LogP contribution in [0.1, 0.15) is 59.2 Å². The van der Waals surface area contributed by atoms with Gasteiger partial charge >= 0.3 is 0 Å². The van der Waals surface area contributed by atoms with E-state index in [1.54, 1.807) is 12.1 Å². The highest BCUT2D eigenvalue weighted by Gasteiger charge is 2.48. The van der Waals surface area contributed by atoms with Crippen LogP contribution in [0, 0.1) is 21.4 Å². The van der Waals surface area contributed by atoms with Gasteiger partial charge in [0.05, 0.1) is 32.6 Å².